The maximum absolute atomic E-state index is 13.7. The molecule has 1 saturated carbocycles. The fourth-order valence-electron chi connectivity index (χ4n) is 6.69. The zero-order valence-corrected chi connectivity index (χ0v) is 29.1. The van der Waals surface area contributed by atoms with Gasteiger partial charge >= 0.3 is 0 Å². The highest BCUT2D eigenvalue weighted by Crippen LogP contribution is 2.46. The number of hydrogen-bond acceptors (Lipinski definition) is 8. The number of aliphatic hydroxyl groups excluding tert-OH is 2. The van der Waals surface area contributed by atoms with E-state index in [1.165, 1.54) is 12.5 Å². The first-order valence-electron chi connectivity index (χ1n) is 14.5. The summed E-state index contributed by atoms with van der Waals surface area (Å²) >= 11 is 11.1. The summed E-state index contributed by atoms with van der Waals surface area (Å²) in [6.45, 7) is 13.7. The zero-order chi connectivity index (χ0) is 30.8. The van der Waals surface area contributed by atoms with Gasteiger partial charge in [-0.2, -0.15) is 0 Å². The van der Waals surface area contributed by atoms with Crippen LogP contribution in [0, 0.1) is 5.92 Å². The third-order valence-electron chi connectivity index (χ3n) is 8.62. The minimum Gasteiger partial charge on any atom is -0.413 e. The Morgan fingerprint density at radius 2 is 1.86 bits per heavy atom. The molecule has 1 aliphatic carbocycles. The molecule has 1 fully saturated rings. The van der Waals surface area contributed by atoms with Crippen LogP contribution in [0.3, 0.4) is 0 Å². The molecule has 42 heavy (non-hydrogen) atoms. The molecule has 0 radical (unpaired) electrons. The number of carbonyl (C=O) groups is 1. The molecule has 3 aromatic rings. The molecule has 7 nitrogen and oxygen atoms in total. The Morgan fingerprint density at radius 3 is 2.48 bits per heavy atom. The van der Waals surface area contributed by atoms with Crippen molar-refractivity contribution in [2.45, 2.75) is 89.3 Å². The Balaban J connectivity index is 1.55. The van der Waals surface area contributed by atoms with Crippen molar-refractivity contribution in [1.82, 2.24) is 9.97 Å². The van der Waals surface area contributed by atoms with Gasteiger partial charge in [0.15, 0.2) is 0 Å². The van der Waals surface area contributed by atoms with E-state index in [1.807, 2.05) is 24.3 Å². The molecule has 0 spiro atoms. The molecular formula is C31H41BrClN3O4SSi. The summed E-state index contributed by atoms with van der Waals surface area (Å²) < 4.78 is 8.28. The van der Waals surface area contributed by atoms with Crippen molar-refractivity contribution in [2.24, 2.45) is 5.92 Å². The number of aromatic nitrogens is 2. The summed E-state index contributed by atoms with van der Waals surface area (Å²) in [6, 6.07) is 8.97. The highest BCUT2D eigenvalue weighted by molar-refractivity contribution is 9.10. The van der Waals surface area contributed by atoms with Crippen molar-refractivity contribution in [3.8, 4) is 0 Å². The van der Waals surface area contributed by atoms with Gasteiger partial charge in [-0.05, 0) is 53.2 Å². The third kappa shape index (κ3) is 6.85. The van der Waals surface area contributed by atoms with Crippen LogP contribution in [-0.2, 0) is 4.43 Å². The normalized spacial score (nSPS) is 20.1. The van der Waals surface area contributed by atoms with Crippen LogP contribution in [0.5, 0.6) is 0 Å². The van der Waals surface area contributed by atoms with Crippen molar-refractivity contribution in [3.63, 3.8) is 0 Å². The van der Waals surface area contributed by atoms with Crippen LogP contribution in [0.2, 0.25) is 21.0 Å². The summed E-state index contributed by atoms with van der Waals surface area (Å²) in [5.41, 5.74) is 2.81. The number of thiophene rings is 1. The molecule has 0 aliphatic heterocycles. The molecule has 2 heterocycles. The number of aliphatic hydroxyl groups is 2. The van der Waals surface area contributed by atoms with Crippen molar-refractivity contribution in [3.05, 3.63) is 73.2 Å². The number of rotatable bonds is 12. The van der Waals surface area contributed by atoms with E-state index in [9.17, 15) is 15.0 Å². The lowest BCUT2D eigenvalue weighted by atomic mass is 10.0. The van der Waals surface area contributed by atoms with Gasteiger partial charge in [-0.15, -0.1) is 11.3 Å². The third-order valence-corrected chi connectivity index (χ3v) is 16.6. The van der Waals surface area contributed by atoms with Gasteiger partial charge in [0.1, 0.15) is 18.2 Å². The molecule has 1 aliphatic rings. The van der Waals surface area contributed by atoms with Crippen LogP contribution >= 0.6 is 38.9 Å². The van der Waals surface area contributed by atoms with Crippen LogP contribution in [0.1, 0.15) is 86.9 Å². The number of carbonyl (C=O) groups excluding carboxylic acids is 1. The average molecular weight is 695 g/mol. The van der Waals surface area contributed by atoms with E-state index in [0.29, 0.717) is 54.8 Å². The maximum atomic E-state index is 13.7. The predicted octanol–water partition coefficient (Wildman–Crippen LogP) is 8.01. The van der Waals surface area contributed by atoms with Gasteiger partial charge in [-0.1, -0.05) is 81.2 Å². The first kappa shape index (κ1) is 33.2. The maximum Gasteiger partial charge on any atom is 0.208 e. The van der Waals surface area contributed by atoms with E-state index < -0.39 is 14.4 Å². The summed E-state index contributed by atoms with van der Waals surface area (Å²) in [4.78, 5) is 22.6. The average Bonchev–Trinajstić information content (AvgIpc) is 3.52. The summed E-state index contributed by atoms with van der Waals surface area (Å²) in [5, 5.41) is 24.7. The van der Waals surface area contributed by atoms with Crippen LogP contribution in [-0.4, -0.2) is 53.0 Å². The van der Waals surface area contributed by atoms with Crippen LogP contribution in [0.25, 0.3) is 0 Å². The molecule has 228 valence electrons. The Bertz CT molecular complexity index is 1370. The number of hydrogen-bond donors (Lipinski definition) is 3. The standard InChI is InChI=1S/C31H41BrClN3O4SSi/c1-17(2)42(18(3)4,19(5)6)40-26-12-23(11-21(26)15-37)36-31-25(14-34-16-35-31)29(39)27-13-24(30(33)41-27)28(38)20-8-7-9-22(32)10-20/h7-10,13-14,16-19,21,23,26,28,37-38H,11-12,15H2,1-6H3,(H,34,35,36)/t21-,23-,26+,28+/m1/s1. The lowest BCUT2D eigenvalue weighted by Crippen LogP contribution is -2.51. The van der Waals surface area contributed by atoms with Crippen LogP contribution in [0.4, 0.5) is 5.82 Å². The summed E-state index contributed by atoms with van der Waals surface area (Å²) in [7, 11) is -2.14. The molecule has 0 bridgehead atoms. The molecule has 3 N–H and O–H groups in total. The SMILES string of the molecule is CC(C)[Si](O[C@H]1C[C@H](Nc2ncncc2C(=O)c2cc([C@@H](O)c3cccc(Br)c3)c(Cl)s2)C[C@@H]1CO)(C(C)C)C(C)C. The second-order valence-corrected chi connectivity index (χ2v) is 20.1. The summed E-state index contributed by atoms with van der Waals surface area (Å²) in [5.74, 6) is 0.175. The Morgan fingerprint density at radius 1 is 1.17 bits per heavy atom. The van der Waals surface area contributed by atoms with Gasteiger partial charge in [-0.25, -0.2) is 9.97 Å². The minimum atomic E-state index is -2.14. The number of nitrogens with zero attached hydrogens (tertiary/aromatic N) is 2. The Kier molecular flexibility index (Phi) is 11.1. The molecule has 4 rings (SSSR count). The van der Waals surface area contributed by atoms with Gasteiger partial charge in [0.2, 0.25) is 14.1 Å². The number of nitrogens with one attached hydrogen (secondary N) is 1. The molecule has 0 unspecified atom stereocenters. The molecule has 11 heteroatoms. The topological polar surface area (TPSA) is 105 Å². The Labute approximate surface area is 267 Å². The van der Waals surface area contributed by atoms with Gasteiger partial charge in [0.05, 0.1) is 20.9 Å². The van der Waals surface area contributed by atoms with E-state index in [-0.39, 0.29) is 30.5 Å². The molecule has 4 atom stereocenters. The van der Waals surface area contributed by atoms with Crippen molar-refractivity contribution < 1.29 is 19.4 Å². The molecule has 0 saturated heterocycles. The summed E-state index contributed by atoms with van der Waals surface area (Å²) in [6.07, 6.45) is 3.33. The van der Waals surface area contributed by atoms with E-state index in [2.05, 4.69) is 72.8 Å². The van der Waals surface area contributed by atoms with E-state index in [0.717, 1.165) is 22.2 Å². The first-order valence-corrected chi connectivity index (χ1v) is 18.6. The van der Waals surface area contributed by atoms with Gasteiger partial charge in [0, 0.05) is 34.8 Å². The van der Waals surface area contributed by atoms with Gasteiger partial charge in [-0.3, -0.25) is 4.79 Å². The lowest BCUT2D eigenvalue weighted by molar-refractivity contribution is 0.0941. The number of ketones is 1. The number of anilines is 1. The van der Waals surface area contributed by atoms with Crippen molar-refractivity contribution in [1.29, 1.82) is 0 Å². The highest BCUT2D eigenvalue weighted by atomic mass is 79.9. The molecule has 1 aromatic carbocycles. The van der Waals surface area contributed by atoms with E-state index in [1.54, 1.807) is 6.07 Å². The first-order chi connectivity index (χ1) is 19.9. The Hall–Kier alpha value is -1.66. The van der Waals surface area contributed by atoms with Gasteiger partial charge < -0.3 is 20.0 Å². The lowest BCUT2D eigenvalue weighted by Gasteiger charge is -2.45. The monoisotopic (exact) mass is 693 g/mol. The van der Waals surface area contributed by atoms with Crippen LogP contribution < -0.4 is 5.32 Å². The van der Waals surface area contributed by atoms with Crippen LogP contribution in [0.15, 0.2) is 47.3 Å². The largest absolute Gasteiger partial charge is 0.413 e. The highest BCUT2D eigenvalue weighted by Gasteiger charge is 2.49. The second kappa shape index (κ2) is 14.0. The van der Waals surface area contributed by atoms with E-state index in [4.69, 9.17) is 16.0 Å². The molecular weight excluding hydrogens is 654 g/mol. The molecule has 0 amide bonds. The second-order valence-electron chi connectivity index (χ2n) is 12.1. The van der Waals surface area contributed by atoms with Crippen molar-refractivity contribution >= 4 is 58.8 Å². The number of benzene rings is 1. The predicted molar refractivity (Wildman–Crippen MR) is 176 cm³/mol. The molecule has 2 aromatic heterocycles. The minimum absolute atomic E-state index is 0.00443. The fourth-order valence-corrected chi connectivity index (χ4v) is 14.0. The van der Waals surface area contributed by atoms with Crippen molar-refractivity contribution in [2.75, 3.05) is 11.9 Å². The smallest absolute Gasteiger partial charge is 0.208 e. The van der Waals surface area contributed by atoms with E-state index >= 15 is 0 Å². The van der Waals surface area contributed by atoms with Gasteiger partial charge in [0.25, 0.3) is 0 Å². The quantitative estimate of drug-likeness (QED) is 0.130. The number of halogens is 2. The fraction of sp³-hybridized carbons (Fsp3) is 0.516. The zero-order valence-electron chi connectivity index (χ0n) is 25.0.